The molecule has 2 aromatic rings. The number of halogens is 1. The van der Waals surface area contributed by atoms with Crippen molar-refractivity contribution in [3.63, 3.8) is 0 Å². The van der Waals surface area contributed by atoms with Gasteiger partial charge in [0.1, 0.15) is 11.8 Å². The Morgan fingerprint density at radius 1 is 1.30 bits per heavy atom. The molecule has 0 saturated carbocycles. The van der Waals surface area contributed by atoms with E-state index >= 15 is 0 Å². The van der Waals surface area contributed by atoms with Crippen LogP contribution in [0.25, 0.3) is 0 Å². The number of nitrogen functional groups attached to an aromatic ring is 1. The zero-order chi connectivity index (χ0) is 14.5. The minimum atomic E-state index is 0.588. The third kappa shape index (κ3) is 3.22. The third-order valence-electron chi connectivity index (χ3n) is 2.88. The first-order chi connectivity index (χ1) is 9.63. The lowest BCUT2D eigenvalue weighted by molar-refractivity contribution is 0.417. The molecule has 102 valence electrons. The molecule has 0 spiro atoms. The van der Waals surface area contributed by atoms with Crippen LogP contribution in [-0.2, 0) is 6.54 Å². The van der Waals surface area contributed by atoms with Gasteiger partial charge < -0.3 is 15.8 Å². The van der Waals surface area contributed by atoms with Gasteiger partial charge >= 0.3 is 0 Å². The molecule has 0 unspecified atom stereocenters. The van der Waals surface area contributed by atoms with Crippen molar-refractivity contribution in [1.29, 1.82) is 5.26 Å². The van der Waals surface area contributed by atoms with Crippen molar-refractivity contribution in [2.24, 2.45) is 0 Å². The standard InChI is InChI=1S/C15H14BrN3O/c1-20-15-5-2-10(6-13(15)18)9-19-14-4-3-12(16)7-11(14)8-17/h2-7,19H,9,18H2,1H3. The fourth-order valence-electron chi connectivity index (χ4n) is 1.85. The fourth-order valence-corrected chi connectivity index (χ4v) is 2.22. The lowest BCUT2D eigenvalue weighted by Crippen LogP contribution is -2.02. The smallest absolute Gasteiger partial charge is 0.141 e. The third-order valence-corrected chi connectivity index (χ3v) is 3.37. The Morgan fingerprint density at radius 2 is 2.10 bits per heavy atom. The van der Waals surface area contributed by atoms with Crippen LogP contribution >= 0.6 is 15.9 Å². The number of hydrogen-bond donors (Lipinski definition) is 2. The van der Waals surface area contributed by atoms with E-state index in [1.165, 1.54) is 0 Å². The maximum atomic E-state index is 9.11. The molecule has 0 aliphatic carbocycles. The summed E-state index contributed by atoms with van der Waals surface area (Å²) in [5.74, 6) is 0.662. The molecular weight excluding hydrogens is 318 g/mol. The predicted molar refractivity (Wildman–Crippen MR) is 83.6 cm³/mol. The van der Waals surface area contributed by atoms with E-state index in [-0.39, 0.29) is 0 Å². The Morgan fingerprint density at radius 3 is 2.75 bits per heavy atom. The van der Waals surface area contributed by atoms with Gasteiger partial charge in [-0.2, -0.15) is 5.26 Å². The highest BCUT2D eigenvalue weighted by Crippen LogP contribution is 2.24. The largest absolute Gasteiger partial charge is 0.495 e. The summed E-state index contributed by atoms with van der Waals surface area (Å²) in [5, 5.41) is 12.3. The SMILES string of the molecule is COc1ccc(CNc2ccc(Br)cc2C#N)cc1N. The summed E-state index contributed by atoms with van der Waals surface area (Å²) in [4.78, 5) is 0. The van der Waals surface area contributed by atoms with Crippen LogP contribution < -0.4 is 15.8 Å². The van der Waals surface area contributed by atoms with Crippen molar-refractivity contribution < 1.29 is 4.74 Å². The van der Waals surface area contributed by atoms with Crippen molar-refractivity contribution in [1.82, 2.24) is 0 Å². The van der Waals surface area contributed by atoms with Crippen LogP contribution in [0, 0.1) is 11.3 Å². The highest BCUT2D eigenvalue weighted by atomic mass is 79.9. The predicted octanol–water partition coefficient (Wildman–Crippen LogP) is 3.52. The highest BCUT2D eigenvalue weighted by Gasteiger charge is 2.04. The summed E-state index contributed by atoms with van der Waals surface area (Å²) in [6.07, 6.45) is 0. The lowest BCUT2D eigenvalue weighted by atomic mass is 10.1. The van der Waals surface area contributed by atoms with Gasteiger partial charge in [0.15, 0.2) is 0 Å². The first-order valence-corrected chi connectivity index (χ1v) is 6.79. The number of ether oxygens (including phenoxy) is 1. The Bertz CT molecular complexity index is 665. The number of methoxy groups -OCH3 is 1. The quantitative estimate of drug-likeness (QED) is 0.841. The molecule has 3 N–H and O–H groups in total. The maximum Gasteiger partial charge on any atom is 0.141 e. The van der Waals surface area contributed by atoms with Gasteiger partial charge in [0.25, 0.3) is 0 Å². The van der Waals surface area contributed by atoms with E-state index in [9.17, 15) is 0 Å². The van der Waals surface area contributed by atoms with Crippen molar-refractivity contribution in [3.05, 3.63) is 52.0 Å². The summed E-state index contributed by atoms with van der Waals surface area (Å²) < 4.78 is 6.00. The highest BCUT2D eigenvalue weighted by molar-refractivity contribution is 9.10. The van der Waals surface area contributed by atoms with Crippen LogP contribution in [0.2, 0.25) is 0 Å². The molecule has 0 bridgehead atoms. The molecule has 0 heterocycles. The fraction of sp³-hybridized carbons (Fsp3) is 0.133. The van der Waals surface area contributed by atoms with E-state index in [0.717, 1.165) is 15.7 Å². The van der Waals surface area contributed by atoms with Crippen LogP contribution in [-0.4, -0.2) is 7.11 Å². The molecule has 0 aliphatic rings. The lowest BCUT2D eigenvalue weighted by Gasteiger charge is -2.10. The number of benzene rings is 2. The Labute approximate surface area is 126 Å². The monoisotopic (exact) mass is 331 g/mol. The Hall–Kier alpha value is -2.19. The first-order valence-electron chi connectivity index (χ1n) is 6.00. The van der Waals surface area contributed by atoms with Crippen molar-refractivity contribution in [3.8, 4) is 11.8 Å². The van der Waals surface area contributed by atoms with Gasteiger partial charge in [-0.15, -0.1) is 0 Å². The van der Waals surface area contributed by atoms with Crippen LogP contribution in [0.5, 0.6) is 5.75 Å². The molecule has 0 amide bonds. The van der Waals surface area contributed by atoms with E-state index in [2.05, 4.69) is 27.3 Å². The average molecular weight is 332 g/mol. The number of hydrogen-bond acceptors (Lipinski definition) is 4. The second-order valence-electron chi connectivity index (χ2n) is 4.23. The van der Waals surface area contributed by atoms with E-state index in [1.54, 1.807) is 13.2 Å². The Balaban J connectivity index is 2.13. The number of anilines is 2. The number of nitrogens with one attached hydrogen (secondary N) is 1. The van der Waals surface area contributed by atoms with Gasteiger partial charge in [-0.25, -0.2) is 0 Å². The molecule has 0 radical (unpaired) electrons. The van der Waals surface area contributed by atoms with E-state index in [0.29, 0.717) is 23.5 Å². The first kappa shape index (κ1) is 14.2. The Kier molecular flexibility index (Phi) is 4.49. The van der Waals surface area contributed by atoms with Crippen LogP contribution in [0.1, 0.15) is 11.1 Å². The van der Waals surface area contributed by atoms with Gasteiger partial charge in [0.2, 0.25) is 0 Å². The molecule has 5 heteroatoms. The molecule has 0 aliphatic heterocycles. The van der Waals surface area contributed by atoms with Crippen molar-refractivity contribution in [2.45, 2.75) is 6.54 Å². The molecular formula is C15H14BrN3O. The van der Waals surface area contributed by atoms with Crippen molar-refractivity contribution >= 4 is 27.3 Å². The summed E-state index contributed by atoms with van der Waals surface area (Å²) in [6.45, 7) is 0.588. The molecule has 0 atom stereocenters. The summed E-state index contributed by atoms with van der Waals surface area (Å²) >= 11 is 3.35. The van der Waals surface area contributed by atoms with Crippen LogP contribution in [0.15, 0.2) is 40.9 Å². The van der Waals surface area contributed by atoms with Gasteiger partial charge in [0.05, 0.1) is 24.0 Å². The normalized spacial score (nSPS) is 9.85. The number of nitrogens with two attached hydrogens (primary N) is 1. The zero-order valence-electron chi connectivity index (χ0n) is 11.0. The van der Waals surface area contributed by atoms with Gasteiger partial charge in [-0.1, -0.05) is 22.0 Å². The second kappa shape index (κ2) is 6.31. The van der Waals surface area contributed by atoms with Crippen molar-refractivity contribution in [2.75, 3.05) is 18.2 Å². The second-order valence-corrected chi connectivity index (χ2v) is 5.15. The van der Waals surface area contributed by atoms with E-state index in [1.807, 2.05) is 30.3 Å². The minimum Gasteiger partial charge on any atom is -0.495 e. The molecule has 0 saturated heterocycles. The van der Waals surface area contributed by atoms with Gasteiger partial charge in [-0.3, -0.25) is 0 Å². The van der Waals surface area contributed by atoms with E-state index in [4.69, 9.17) is 15.7 Å². The summed E-state index contributed by atoms with van der Waals surface area (Å²) in [5.41, 5.74) is 8.88. The van der Waals surface area contributed by atoms with Crippen LogP contribution in [0.4, 0.5) is 11.4 Å². The number of rotatable bonds is 4. The molecule has 0 aromatic heterocycles. The molecule has 4 nitrogen and oxygen atoms in total. The van der Waals surface area contributed by atoms with Gasteiger partial charge in [0, 0.05) is 11.0 Å². The number of nitrogens with zero attached hydrogens (tertiary/aromatic N) is 1. The van der Waals surface area contributed by atoms with E-state index < -0.39 is 0 Å². The minimum absolute atomic E-state index is 0.588. The summed E-state index contributed by atoms with van der Waals surface area (Å²) in [6, 6.07) is 13.3. The average Bonchev–Trinajstić information content (AvgIpc) is 2.46. The number of nitriles is 1. The molecule has 2 aromatic carbocycles. The molecule has 2 rings (SSSR count). The summed E-state index contributed by atoms with van der Waals surface area (Å²) in [7, 11) is 1.59. The molecule has 20 heavy (non-hydrogen) atoms. The topological polar surface area (TPSA) is 71.1 Å². The van der Waals surface area contributed by atoms with Gasteiger partial charge in [-0.05, 0) is 35.9 Å². The van der Waals surface area contributed by atoms with Crippen LogP contribution in [0.3, 0.4) is 0 Å². The zero-order valence-corrected chi connectivity index (χ0v) is 12.6. The maximum absolute atomic E-state index is 9.11. The molecule has 0 fully saturated rings.